The van der Waals surface area contributed by atoms with E-state index < -0.39 is 0 Å². The van der Waals surface area contributed by atoms with Gasteiger partial charge < -0.3 is 15.4 Å². The number of ether oxygens (including phenoxy) is 1. The van der Waals surface area contributed by atoms with E-state index in [2.05, 4.69) is 11.1 Å². The monoisotopic (exact) mass is 218 g/mol. The number of anilines is 2. The minimum atomic E-state index is 0.456. The van der Waals surface area contributed by atoms with E-state index in [-0.39, 0.29) is 0 Å². The van der Waals surface area contributed by atoms with E-state index in [4.69, 9.17) is 15.7 Å². The number of nitrogen functional groups attached to an aromatic ring is 1. The van der Waals surface area contributed by atoms with E-state index in [9.17, 15) is 0 Å². The Balaban J connectivity index is 2.42. The Kier molecular flexibility index (Phi) is 2.93. The van der Waals surface area contributed by atoms with Gasteiger partial charge in [0.25, 0.3) is 0 Å². The van der Waals surface area contributed by atoms with Crippen LogP contribution in [-0.4, -0.2) is 31.3 Å². The molecule has 5 nitrogen and oxygen atoms in total. The summed E-state index contributed by atoms with van der Waals surface area (Å²) in [6.45, 7) is 4.72. The fourth-order valence-electron chi connectivity index (χ4n) is 1.82. The predicted octanol–water partition coefficient (Wildman–Crippen LogP) is 0.680. The van der Waals surface area contributed by atoms with Crippen molar-refractivity contribution in [2.24, 2.45) is 0 Å². The molecule has 0 aliphatic carbocycles. The van der Waals surface area contributed by atoms with Gasteiger partial charge in [-0.1, -0.05) is 0 Å². The minimum absolute atomic E-state index is 0.456. The summed E-state index contributed by atoms with van der Waals surface area (Å²) in [5.74, 6) is 1.14. The molecule has 2 heterocycles. The molecule has 0 bridgehead atoms. The molecule has 84 valence electrons. The highest BCUT2D eigenvalue weighted by Crippen LogP contribution is 2.23. The highest BCUT2D eigenvalue weighted by Gasteiger charge is 2.18. The van der Waals surface area contributed by atoms with Gasteiger partial charge in [-0.3, -0.25) is 0 Å². The van der Waals surface area contributed by atoms with Gasteiger partial charge >= 0.3 is 0 Å². The maximum absolute atomic E-state index is 9.13. The van der Waals surface area contributed by atoms with Crippen molar-refractivity contribution in [2.45, 2.75) is 6.92 Å². The van der Waals surface area contributed by atoms with Crippen LogP contribution in [-0.2, 0) is 4.74 Å². The maximum atomic E-state index is 9.13. The molecule has 0 saturated carbocycles. The quantitative estimate of drug-likeness (QED) is 0.750. The van der Waals surface area contributed by atoms with E-state index in [0.29, 0.717) is 30.4 Å². The number of hydrogen-bond donors (Lipinski definition) is 1. The van der Waals surface area contributed by atoms with Gasteiger partial charge in [-0.15, -0.1) is 0 Å². The zero-order valence-corrected chi connectivity index (χ0v) is 9.23. The van der Waals surface area contributed by atoms with Crippen LogP contribution < -0.4 is 10.6 Å². The van der Waals surface area contributed by atoms with Crippen molar-refractivity contribution in [2.75, 3.05) is 36.9 Å². The molecule has 16 heavy (non-hydrogen) atoms. The summed E-state index contributed by atoms with van der Waals surface area (Å²) in [5.41, 5.74) is 7.19. The van der Waals surface area contributed by atoms with Crippen LogP contribution >= 0.6 is 0 Å². The van der Waals surface area contributed by atoms with Gasteiger partial charge in [0.05, 0.1) is 18.8 Å². The Bertz CT molecular complexity index is 432. The fraction of sp³-hybridized carbons (Fsp3) is 0.455. The van der Waals surface area contributed by atoms with Gasteiger partial charge in [-0.2, -0.15) is 5.26 Å². The molecule has 1 saturated heterocycles. The summed E-state index contributed by atoms with van der Waals surface area (Å²) in [6.07, 6.45) is 0. The van der Waals surface area contributed by atoms with Gasteiger partial charge in [0.1, 0.15) is 17.7 Å². The van der Waals surface area contributed by atoms with Crippen LogP contribution in [0.3, 0.4) is 0 Å². The summed E-state index contributed by atoms with van der Waals surface area (Å²) < 4.78 is 5.27. The molecule has 0 spiro atoms. The Hall–Kier alpha value is -1.80. The number of hydrogen-bond acceptors (Lipinski definition) is 5. The smallest absolute Gasteiger partial charge is 0.149 e. The Labute approximate surface area is 94.4 Å². The third-order valence-electron chi connectivity index (χ3n) is 2.64. The first-order chi connectivity index (χ1) is 7.72. The van der Waals surface area contributed by atoms with E-state index >= 15 is 0 Å². The molecule has 0 unspecified atom stereocenters. The number of morpholine rings is 1. The topological polar surface area (TPSA) is 75.2 Å². The van der Waals surface area contributed by atoms with Crippen molar-refractivity contribution >= 4 is 11.6 Å². The first-order valence-corrected chi connectivity index (χ1v) is 5.22. The Morgan fingerprint density at radius 3 is 2.81 bits per heavy atom. The third kappa shape index (κ3) is 1.92. The van der Waals surface area contributed by atoms with Crippen LogP contribution in [0.2, 0.25) is 0 Å². The van der Waals surface area contributed by atoms with Gasteiger partial charge in [-0.05, 0) is 18.6 Å². The normalized spacial score (nSPS) is 15.9. The average molecular weight is 218 g/mol. The average Bonchev–Trinajstić information content (AvgIpc) is 2.29. The highest BCUT2D eigenvalue weighted by atomic mass is 16.5. The second-order valence-electron chi connectivity index (χ2n) is 3.77. The van der Waals surface area contributed by atoms with E-state index in [1.54, 1.807) is 6.07 Å². The Morgan fingerprint density at radius 2 is 2.19 bits per heavy atom. The fourth-order valence-corrected chi connectivity index (χ4v) is 1.82. The van der Waals surface area contributed by atoms with Crippen LogP contribution in [0.15, 0.2) is 6.07 Å². The lowest BCUT2D eigenvalue weighted by Crippen LogP contribution is -2.37. The van der Waals surface area contributed by atoms with E-state index in [0.717, 1.165) is 18.7 Å². The molecule has 1 aromatic heterocycles. The lowest BCUT2D eigenvalue weighted by molar-refractivity contribution is 0.122. The molecule has 1 fully saturated rings. The lowest BCUT2D eigenvalue weighted by atomic mass is 10.1. The molecule has 1 aliphatic heterocycles. The van der Waals surface area contributed by atoms with Crippen molar-refractivity contribution in [3.8, 4) is 6.07 Å². The first-order valence-electron chi connectivity index (χ1n) is 5.22. The summed E-state index contributed by atoms with van der Waals surface area (Å²) in [6, 6.07) is 3.91. The number of nitrogens with two attached hydrogens (primary N) is 1. The van der Waals surface area contributed by atoms with Gasteiger partial charge in [0.2, 0.25) is 0 Å². The molecule has 0 amide bonds. The molecule has 2 rings (SSSR count). The van der Waals surface area contributed by atoms with Crippen LogP contribution in [0.4, 0.5) is 11.6 Å². The molecule has 0 atom stereocenters. The van der Waals surface area contributed by atoms with Gasteiger partial charge in [-0.25, -0.2) is 4.98 Å². The highest BCUT2D eigenvalue weighted by molar-refractivity contribution is 5.61. The molecule has 0 radical (unpaired) electrons. The number of aromatic nitrogens is 1. The summed E-state index contributed by atoms with van der Waals surface area (Å²) in [5, 5.41) is 9.13. The van der Waals surface area contributed by atoms with Crippen LogP contribution in [0.5, 0.6) is 0 Å². The van der Waals surface area contributed by atoms with E-state index in [1.165, 1.54) is 0 Å². The maximum Gasteiger partial charge on any atom is 0.149 e. The van der Waals surface area contributed by atoms with Crippen LogP contribution in [0, 0.1) is 18.3 Å². The second-order valence-corrected chi connectivity index (χ2v) is 3.77. The SMILES string of the molecule is Cc1cc(N)nc(N2CCOCC2)c1C#N. The summed E-state index contributed by atoms with van der Waals surface area (Å²) in [4.78, 5) is 6.30. The molecule has 2 N–H and O–H groups in total. The van der Waals surface area contributed by atoms with Crippen molar-refractivity contribution in [3.05, 3.63) is 17.2 Å². The minimum Gasteiger partial charge on any atom is -0.384 e. The molecule has 5 heteroatoms. The molecule has 0 aromatic carbocycles. The number of aryl methyl sites for hydroxylation is 1. The van der Waals surface area contributed by atoms with Gasteiger partial charge in [0, 0.05) is 13.1 Å². The molecule has 1 aliphatic rings. The first kappa shape index (κ1) is 10.7. The third-order valence-corrected chi connectivity index (χ3v) is 2.64. The zero-order valence-electron chi connectivity index (χ0n) is 9.23. The standard InChI is InChI=1S/C11H14N4O/c1-8-6-10(13)14-11(9(8)7-12)15-2-4-16-5-3-15/h6H,2-5H2,1H3,(H2,13,14). The van der Waals surface area contributed by atoms with Gasteiger partial charge in [0.15, 0.2) is 0 Å². The van der Waals surface area contributed by atoms with Crippen molar-refractivity contribution in [1.29, 1.82) is 5.26 Å². The second kappa shape index (κ2) is 4.37. The zero-order chi connectivity index (χ0) is 11.5. The number of pyridine rings is 1. The van der Waals surface area contributed by atoms with Crippen molar-refractivity contribution in [1.82, 2.24) is 4.98 Å². The number of rotatable bonds is 1. The summed E-state index contributed by atoms with van der Waals surface area (Å²) >= 11 is 0. The van der Waals surface area contributed by atoms with Crippen molar-refractivity contribution in [3.63, 3.8) is 0 Å². The molecular formula is C11H14N4O. The summed E-state index contributed by atoms with van der Waals surface area (Å²) in [7, 11) is 0. The number of nitrogens with zero attached hydrogens (tertiary/aromatic N) is 3. The van der Waals surface area contributed by atoms with Crippen LogP contribution in [0.25, 0.3) is 0 Å². The number of nitriles is 1. The Morgan fingerprint density at radius 1 is 1.50 bits per heavy atom. The largest absolute Gasteiger partial charge is 0.384 e. The molecular weight excluding hydrogens is 204 g/mol. The van der Waals surface area contributed by atoms with Crippen molar-refractivity contribution < 1.29 is 4.74 Å². The van der Waals surface area contributed by atoms with Crippen LogP contribution in [0.1, 0.15) is 11.1 Å². The molecule has 1 aromatic rings. The van der Waals surface area contributed by atoms with E-state index in [1.807, 2.05) is 11.8 Å². The predicted molar refractivity (Wildman–Crippen MR) is 61.1 cm³/mol. The lowest BCUT2D eigenvalue weighted by Gasteiger charge is -2.28.